The molecule has 0 aromatic carbocycles. The molecule has 2 aromatic heterocycles. The van der Waals surface area contributed by atoms with Gasteiger partial charge in [0, 0.05) is 31.2 Å². The van der Waals surface area contributed by atoms with Crippen LogP contribution in [-0.2, 0) is 9.59 Å². The van der Waals surface area contributed by atoms with E-state index in [4.69, 9.17) is 0 Å². The summed E-state index contributed by atoms with van der Waals surface area (Å²) in [5, 5.41) is 3.40. The number of nitrogens with one attached hydrogen (secondary N) is 2. The van der Waals surface area contributed by atoms with Crippen molar-refractivity contribution in [2.45, 2.75) is 12.3 Å². The number of aldehydes is 1. The first kappa shape index (κ1) is 11.3. The first-order chi connectivity index (χ1) is 8.26. The first-order valence-corrected chi connectivity index (χ1v) is 5.34. The van der Waals surface area contributed by atoms with Gasteiger partial charge in [-0.1, -0.05) is 0 Å². The Kier molecular flexibility index (Phi) is 3.18. The van der Waals surface area contributed by atoms with Gasteiger partial charge in [-0.15, -0.1) is 0 Å². The summed E-state index contributed by atoms with van der Waals surface area (Å²) in [5.41, 5.74) is 1.54. The average molecular weight is 231 g/mol. The second-order valence-electron chi connectivity index (χ2n) is 3.76. The summed E-state index contributed by atoms with van der Waals surface area (Å²) in [6.07, 6.45) is 4.36. The van der Waals surface area contributed by atoms with Gasteiger partial charge >= 0.3 is 0 Å². The molecule has 17 heavy (non-hydrogen) atoms. The van der Waals surface area contributed by atoms with E-state index in [1.807, 2.05) is 6.07 Å². The molecule has 2 aromatic rings. The topological polar surface area (TPSA) is 74.8 Å². The molecule has 0 bridgehead atoms. The molecular weight excluding hydrogens is 218 g/mol. The minimum Gasteiger partial charge on any atom is -0.359 e. The van der Waals surface area contributed by atoms with Crippen LogP contribution in [0.1, 0.15) is 17.9 Å². The highest BCUT2D eigenvalue weighted by Gasteiger charge is 2.18. The van der Waals surface area contributed by atoms with Crippen molar-refractivity contribution < 1.29 is 9.59 Å². The monoisotopic (exact) mass is 231 g/mol. The lowest BCUT2D eigenvalue weighted by molar-refractivity contribution is -0.122. The number of fused-ring (bicyclic) bond motifs is 1. The van der Waals surface area contributed by atoms with E-state index < -0.39 is 5.92 Å². The SMILES string of the molecule is CNC(=O)CC(C=O)c1c[nH]c2ncccc12. The van der Waals surface area contributed by atoms with Gasteiger partial charge in [0.15, 0.2) is 0 Å². The van der Waals surface area contributed by atoms with Crippen molar-refractivity contribution in [1.82, 2.24) is 15.3 Å². The van der Waals surface area contributed by atoms with E-state index in [9.17, 15) is 9.59 Å². The van der Waals surface area contributed by atoms with Crippen molar-refractivity contribution in [2.75, 3.05) is 7.05 Å². The maximum atomic E-state index is 11.3. The van der Waals surface area contributed by atoms with Crippen LogP contribution in [0.15, 0.2) is 24.5 Å². The second-order valence-corrected chi connectivity index (χ2v) is 3.76. The highest BCUT2D eigenvalue weighted by Crippen LogP contribution is 2.25. The van der Waals surface area contributed by atoms with Crippen LogP contribution < -0.4 is 5.32 Å². The Bertz CT molecular complexity index is 547. The van der Waals surface area contributed by atoms with Crippen molar-refractivity contribution in [2.24, 2.45) is 0 Å². The van der Waals surface area contributed by atoms with Crippen LogP contribution in [0.4, 0.5) is 0 Å². The summed E-state index contributed by atoms with van der Waals surface area (Å²) >= 11 is 0. The zero-order valence-corrected chi connectivity index (χ0v) is 9.43. The van der Waals surface area contributed by atoms with E-state index in [0.29, 0.717) is 0 Å². The Morgan fingerprint density at radius 2 is 2.47 bits per heavy atom. The Morgan fingerprint density at radius 1 is 1.65 bits per heavy atom. The highest BCUT2D eigenvalue weighted by atomic mass is 16.1. The Morgan fingerprint density at radius 3 is 3.18 bits per heavy atom. The standard InChI is InChI=1S/C12H13N3O2/c1-13-11(17)5-8(7-16)10-6-15-12-9(10)3-2-4-14-12/h2-4,6-8H,5H2,1H3,(H,13,17)(H,14,15). The number of pyridine rings is 1. The van der Waals surface area contributed by atoms with Crippen LogP contribution in [0.2, 0.25) is 0 Å². The van der Waals surface area contributed by atoms with E-state index in [2.05, 4.69) is 15.3 Å². The van der Waals surface area contributed by atoms with Crippen molar-refractivity contribution in [3.8, 4) is 0 Å². The van der Waals surface area contributed by atoms with Crippen LogP contribution in [-0.4, -0.2) is 29.2 Å². The fraction of sp³-hybridized carbons (Fsp3) is 0.250. The molecule has 5 heteroatoms. The fourth-order valence-corrected chi connectivity index (χ4v) is 1.82. The number of hydrogen-bond acceptors (Lipinski definition) is 3. The second kappa shape index (κ2) is 4.78. The number of aromatic nitrogens is 2. The third kappa shape index (κ3) is 2.18. The Balaban J connectivity index is 2.36. The molecule has 2 N–H and O–H groups in total. The Hall–Kier alpha value is -2.17. The molecule has 0 aliphatic rings. The number of rotatable bonds is 4. The molecule has 1 amide bonds. The smallest absolute Gasteiger partial charge is 0.220 e. The van der Waals surface area contributed by atoms with Crippen molar-refractivity contribution >= 4 is 23.2 Å². The average Bonchev–Trinajstić information content (AvgIpc) is 2.79. The minimum atomic E-state index is -0.437. The number of carbonyl (C=O) groups is 2. The minimum absolute atomic E-state index is 0.152. The predicted octanol–water partition coefficient (Wildman–Crippen LogP) is 0.981. The number of nitrogens with zero attached hydrogens (tertiary/aromatic N) is 1. The van der Waals surface area contributed by atoms with E-state index in [1.54, 1.807) is 25.5 Å². The van der Waals surface area contributed by atoms with Crippen molar-refractivity contribution in [3.05, 3.63) is 30.1 Å². The summed E-state index contributed by atoms with van der Waals surface area (Å²) < 4.78 is 0. The maximum absolute atomic E-state index is 11.3. The molecule has 0 aliphatic heterocycles. The molecule has 2 rings (SSSR count). The molecule has 0 saturated carbocycles. The van der Waals surface area contributed by atoms with Gasteiger partial charge in [0.25, 0.3) is 0 Å². The van der Waals surface area contributed by atoms with Gasteiger partial charge in [0.05, 0.1) is 5.92 Å². The molecule has 0 saturated heterocycles. The summed E-state index contributed by atoms with van der Waals surface area (Å²) in [6.45, 7) is 0. The quantitative estimate of drug-likeness (QED) is 0.770. The van der Waals surface area contributed by atoms with Crippen LogP contribution in [0.25, 0.3) is 11.0 Å². The maximum Gasteiger partial charge on any atom is 0.220 e. The van der Waals surface area contributed by atoms with Crippen LogP contribution in [0.5, 0.6) is 0 Å². The number of amides is 1. The van der Waals surface area contributed by atoms with E-state index in [1.165, 1.54) is 0 Å². The molecule has 0 fully saturated rings. The molecule has 0 radical (unpaired) electrons. The van der Waals surface area contributed by atoms with E-state index >= 15 is 0 Å². The molecule has 0 spiro atoms. The lowest BCUT2D eigenvalue weighted by atomic mass is 9.97. The zero-order valence-electron chi connectivity index (χ0n) is 9.43. The van der Waals surface area contributed by atoms with Gasteiger partial charge in [0.1, 0.15) is 11.9 Å². The lowest BCUT2D eigenvalue weighted by Crippen LogP contribution is -2.20. The normalized spacial score (nSPS) is 12.3. The zero-order chi connectivity index (χ0) is 12.3. The van der Waals surface area contributed by atoms with Crippen LogP contribution in [0.3, 0.4) is 0 Å². The summed E-state index contributed by atoms with van der Waals surface area (Å²) in [5.74, 6) is -0.590. The van der Waals surface area contributed by atoms with Crippen LogP contribution >= 0.6 is 0 Å². The van der Waals surface area contributed by atoms with Crippen LogP contribution in [0, 0.1) is 0 Å². The summed E-state index contributed by atoms with van der Waals surface area (Å²) in [4.78, 5) is 29.5. The van der Waals surface area contributed by atoms with E-state index in [0.717, 1.165) is 22.9 Å². The molecular formula is C12H13N3O2. The number of H-pyrrole nitrogens is 1. The number of carbonyl (C=O) groups excluding carboxylic acids is 2. The third-order valence-corrected chi connectivity index (χ3v) is 2.73. The predicted molar refractivity (Wildman–Crippen MR) is 63.6 cm³/mol. The molecule has 1 atom stereocenters. The lowest BCUT2D eigenvalue weighted by Gasteiger charge is -2.07. The van der Waals surface area contributed by atoms with Gasteiger partial charge in [-0.2, -0.15) is 0 Å². The van der Waals surface area contributed by atoms with Gasteiger partial charge in [0.2, 0.25) is 5.91 Å². The van der Waals surface area contributed by atoms with Gasteiger partial charge in [-0.05, 0) is 17.7 Å². The highest BCUT2D eigenvalue weighted by molar-refractivity contribution is 5.87. The molecule has 88 valence electrons. The molecule has 1 unspecified atom stereocenters. The fourth-order valence-electron chi connectivity index (χ4n) is 1.82. The Labute approximate surface area is 98.2 Å². The van der Waals surface area contributed by atoms with Gasteiger partial charge in [-0.25, -0.2) is 4.98 Å². The number of hydrogen-bond donors (Lipinski definition) is 2. The molecule has 0 aliphatic carbocycles. The third-order valence-electron chi connectivity index (χ3n) is 2.73. The van der Waals surface area contributed by atoms with Gasteiger partial charge < -0.3 is 15.1 Å². The number of aromatic amines is 1. The van der Waals surface area contributed by atoms with Crippen molar-refractivity contribution in [3.63, 3.8) is 0 Å². The summed E-state index contributed by atoms with van der Waals surface area (Å²) in [7, 11) is 1.56. The van der Waals surface area contributed by atoms with Crippen molar-refractivity contribution in [1.29, 1.82) is 0 Å². The molecule has 5 nitrogen and oxygen atoms in total. The largest absolute Gasteiger partial charge is 0.359 e. The first-order valence-electron chi connectivity index (χ1n) is 5.34. The summed E-state index contributed by atoms with van der Waals surface area (Å²) in [6, 6.07) is 3.69. The van der Waals surface area contributed by atoms with E-state index in [-0.39, 0.29) is 12.3 Å². The molecule has 2 heterocycles. The van der Waals surface area contributed by atoms with Gasteiger partial charge in [-0.3, -0.25) is 4.79 Å².